The van der Waals surface area contributed by atoms with Crippen LogP contribution in [0, 0.1) is 0 Å². The quantitative estimate of drug-likeness (QED) is 0.259. The maximum absolute atomic E-state index is 10.0. The monoisotopic (exact) mass is 241 g/mol. The summed E-state index contributed by atoms with van der Waals surface area (Å²) >= 11 is 0. The van der Waals surface area contributed by atoms with Gasteiger partial charge in [-0.25, -0.2) is 0 Å². The Morgan fingerprint density at radius 3 is 2.31 bits per heavy atom. The Labute approximate surface area is 100 Å². The molecule has 10 heteroatoms. The average molecular weight is 241 g/mol. The van der Waals surface area contributed by atoms with E-state index in [9.17, 15) is 9.13 Å². The van der Waals surface area contributed by atoms with Crippen LogP contribution in [0.3, 0.4) is 0 Å². The first-order chi connectivity index (χ1) is 5.52. The molecule has 0 rings (SSSR count). The molecule has 0 heterocycles. The van der Waals surface area contributed by atoms with Gasteiger partial charge in [0.2, 0.25) is 0 Å². The summed E-state index contributed by atoms with van der Waals surface area (Å²) in [6, 6.07) is 0. The van der Waals surface area contributed by atoms with Gasteiger partial charge in [0, 0.05) is 15.6 Å². The van der Waals surface area contributed by atoms with Crippen molar-refractivity contribution in [2.75, 3.05) is 6.61 Å². The summed E-state index contributed by atoms with van der Waals surface area (Å²) in [6.07, 6.45) is -0.892. The molecule has 4 N–H and O–H groups in total. The minimum absolute atomic E-state index is 0. The molecule has 0 aliphatic rings. The molecule has 72 valence electrons. The van der Waals surface area contributed by atoms with Gasteiger partial charge in [-0.1, -0.05) is 0 Å². The molecule has 0 aliphatic carbocycles. The molecule has 13 heavy (non-hydrogen) atoms. The maximum atomic E-state index is 10.0. The van der Waals surface area contributed by atoms with Crippen LogP contribution in [0.4, 0.5) is 0 Å². The van der Waals surface area contributed by atoms with Gasteiger partial charge in [-0.15, -0.1) is 18.8 Å². The van der Waals surface area contributed by atoms with Gasteiger partial charge >= 0.3 is 46.1 Å². The standard InChI is InChI=1S/C3H7NO6P2.Na.H/c4-3(10-12(7)8)1-2-9-11(5)6;;/h3H,1-2,4H2;;/q;+1;-1/p+2. The summed E-state index contributed by atoms with van der Waals surface area (Å²) in [5.41, 5.74) is 5.14. The van der Waals surface area contributed by atoms with E-state index in [4.69, 9.17) is 15.5 Å². The fraction of sp³-hybridized carbons (Fsp3) is 1.00. The van der Waals surface area contributed by atoms with E-state index < -0.39 is 22.7 Å². The predicted octanol–water partition coefficient (Wildman–Crippen LogP) is -2.89. The molecule has 0 spiro atoms. The Morgan fingerprint density at radius 1 is 1.38 bits per heavy atom. The summed E-state index contributed by atoms with van der Waals surface area (Å²) in [6.45, 7) is -0.101. The molecule has 0 aliphatic heterocycles. The van der Waals surface area contributed by atoms with Gasteiger partial charge in [0.1, 0.15) is 6.61 Å². The van der Waals surface area contributed by atoms with Crippen molar-refractivity contribution < 1.29 is 58.9 Å². The minimum Gasteiger partial charge on any atom is -1.00 e. The molecular formula is C3H10NNaO6P2+2. The molecule has 0 saturated heterocycles. The molecule has 0 aromatic rings. The van der Waals surface area contributed by atoms with Crippen LogP contribution in [-0.4, -0.2) is 22.6 Å². The molecule has 0 aromatic heterocycles. The molecular weight excluding hydrogens is 231 g/mol. The second-order valence-corrected chi connectivity index (χ2v) is 3.16. The second kappa shape index (κ2) is 9.55. The molecule has 3 atom stereocenters. The SMILES string of the molecule is NC(CCO[P+](=O)O)O[P+](=O)O.[H-].[Na+]. The van der Waals surface area contributed by atoms with E-state index in [2.05, 4.69) is 9.05 Å². The third-order valence-electron chi connectivity index (χ3n) is 0.830. The summed E-state index contributed by atoms with van der Waals surface area (Å²) < 4.78 is 28.4. The van der Waals surface area contributed by atoms with E-state index in [1.807, 2.05) is 0 Å². The van der Waals surface area contributed by atoms with Crippen molar-refractivity contribution in [3.63, 3.8) is 0 Å². The predicted molar refractivity (Wildman–Crippen MR) is 40.4 cm³/mol. The van der Waals surface area contributed by atoms with Crippen LogP contribution in [-0.2, 0) is 18.2 Å². The van der Waals surface area contributed by atoms with Crippen LogP contribution < -0.4 is 35.3 Å². The van der Waals surface area contributed by atoms with Crippen molar-refractivity contribution in [2.45, 2.75) is 12.6 Å². The van der Waals surface area contributed by atoms with Gasteiger partial charge in [-0.3, -0.25) is 0 Å². The Hall–Kier alpha value is 1.000. The molecule has 0 aromatic carbocycles. The van der Waals surface area contributed by atoms with E-state index in [1.54, 1.807) is 0 Å². The largest absolute Gasteiger partial charge is 1.00 e. The molecule has 0 amide bonds. The van der Waals surface area contributed by atoms with Gasteiger partial charge in [0.05, 0.1) is 0 Å². The molecule has 0 fully saturated rings. The van der Waals surface area contributed by atoms with Crippen molar-refractivity contribution in [2.24, 2.45) is 5.73 Å². The fourth-order valence-corrected chi connectivity index (χ4v) is 1.01. The maximum Gasteiger partial charge on any atom is 1.00 e. The van der Waals surface area contributed by atoms with Crippen LogP contribution in [0.15, 0.2) is 0 Å². The second-order valence-electron chi connectivity index (χ2n) is 1.74. The number of hydrogen-bond donors (Lipinski definition) is 3. The zero-order chi connectivity index (χ0) is 9.56. The van der Waals surface area contributed by atoms with E-state index in [0.717, 1.165) is 0 Å². The first-order valence-corrected chi connectivity index (χ1v) is 5.16. The number of nitrogens with two attached hydrogens (primary N) is 1. The molecule has 0 saturated carbocycles. The zero-order valence-corrected chi connectivity index (χ0v) is 10.8. The Kier molecular flexibility index (Phi) is 12.1. The van der Waals surface area contributed by atoms with E-state index in [0.29, 0.717) is 0 Å². The molecule has 0 bridgehead atoms. The Balaban J connectivity index is -0.000000605. The fourth-order valence-electron chi connectivity index (χ4n) is 0.415. The van der Waals surface area contributed by atoms with Crippen LogP contribution in [0.2, 0.25) is 0 Å². The molecule has 3 unspecified atom stereocenters. The minimum atomic E-state index is -2.74. The summed E-state index contributed by atoms with van der Waals surface area (Å²) in [7, 11) is -5.39. The van der Waals surface area contributed by atoms with Crippen molar-refractivity contribution >= 4 is 16.5 Å². The van der Waals surface area contributed by atoms with Gasteiger partial charge < -0.3 is 7.16 Å². The van der Waals surface area contributed by atoms with Crippen LogP contribution in [0.5, 0.6) is 0 Å². The van der Waals surface area contributed by atoms with E-state index >= 15 is 0 Å². The van der Waals surface area contributed by atoms with Crippen LogP contribution in [0.25, 0.3) is 0 Å². The third kappa shape index (κ3) is 13.0. The first kappa shape index (κ1) is 16.4. The number of rotatable bonds is 6. The topological polar surface area (TPSA) is 119 Å². The average Bonchev–Trinajstić information content (AvgIpc) is 1.84. The van der Waals surface area contributed by atoms with E-state index in [1.165, 1.54) is 0 Å². The van der Waals surface area contributed by atoms with Gasteiger partial charge in [-0.05, 0) is 0 Å². The van der Waals surface area contributed by atoms with Crippen LogP contribution >= 0.6 is 16.5 Å². The van der Waals surface area contributed by atoms with Crippen LogP contribution in [0.1, 0.15) is 7.85 Å². The van der Waals surface area contributed by atoms with E-state index in [-0.39, 0.29) is 44.0 Å². The molecule has 7 nitrogen and oxygen atoms in total. The van der Waals surface area contributed by atoms with Crippen molar-refractivity contribution in [1.29, 1.82) is 0 Å². The summed E-state index contributed by atoms with van der Waals surface area (Å²) in [4.78, 5) is 16.3. The Bertz CT molecular complexity index is 184. The van der Waals surface area contributed by atoms with Crippen molar-refractivity contribution in [3.8, 4) is 0 Å². The zero-order valence-electron chi connectivity index (χ0n) is 7.99. The van der Waals surface area contributed by atoms with Gasteiger partial charge in [0.15, 0.2) is 6.23 Å². The Morgan fingerprint density at radius 2 is 1.92 bits per heavy atom. The third-order valence-corrected chi connectivity index (χ3v) is 1.68. The first-order valence-electron chi connectivity index (χ1n) is 2.90. The summed E-state index contributed by atoms with van der Waals surface area (Å²) in [5.74, 6) is 0. The van der Waals surface area contributed by atoms with Crippen molar-refractivity contribution in [3.05, 3.63) is 0 Å². The van der Waals surface area contributed by atoms with Gasteiger partial charge in [-0.2, -0.15) is 0 Å². The smallest absolute Gasteiger partial charge is 1.00 e. The molecule has 0 radical (unpaired) electrons. The number of hydrogen-bond acceptors (Lipinski definition) is 5. The normalized spacial score (nSPS) is 14.4. The van der Waals surface area contributed by atoms with Gasteiger partial charge in [0.25, 0.3) is 0 Å². The van der Waals surface area contributed by atoms with Crippen molar-refractivity contribution in [1.82, 2.24) is 0 Å². The summed E-state index contributed by atoms with van der Waals surface area (Å²) in [5, 5.41) is 0.